The molecule has 6 aromatic rings. The summed E-state index contributed by atoms with van der Waals surface area (Å²) in [5.41, 5.74) is 8.05. The van der Waals surface area contributed by atoms with Crippen molar-refractivity contribution in [2.24, 2.45) is 0 Å². The third kappa shape index (κ3) is 11.4. The molecule has 5 N–H and O–H groups in total. The average molecular weight is 852 g/mol. The van der Waals surface area contributed by atoms with Crippen molar-refractivity contribution in [2.45, 2.75) is 96.6 Å². The lowest BCUT2D eigenvalue weighted by atomic mass is 9.83. The molecule has 12 heteroatoms. The van der Waals surface area contributed by atoms with Crippen LogP contribution in [0, 0.1) is 0 Å². The number of imidazole rings is 2. The van der Waals surface area contributed by atoms with Gasteiger partial charge in [0.05, 0.1) is 34.5 Å². The second kappa shape index (κ2) is 21.7. The zero-order chi connectivity index (χ0) is 40.4. The number of rotatable bonds is 3. The number of hydrogen-bond acceptors (Lipinski definition) is 9. The number of aromatic nitrogens is 4. The Labute approximate surface area is 366 Å². The number of hydrogen-bond donors (Lipinski definition) is 6. The number of piperidine rings is 2. The van der Waals surface area contributed by atoms with E-state index in [-0.39, 0.29) is 37.5 Å². The first-order chi connectivity index (χ1) is 28.3. The molecule has 0 unspecified atom stereocenters. The van der Waals surface area contributed by atoms with E-state index in [1.165, 1.54) is 0 Å². The first-order valence-corrected chi connectivity index (χ1v) is 21.8. The number of thiol groups is 1. The molecule has 60 heavy (non-hydrogen) atoms. The lowest BCUT2D eigenvalue weighted by Crippen LogP contribution is -2.48. The van der Waals surface area contributed by atoms with Crippen LogP contribution in [0.2, 0.25) is 0 Å². The van der Waals surface area contributed by atoms with Gasteiger partial charge in [0.2, 0.25) is 0 Å². The number of nitrogens with one attached hydrogen (secondary N) is 5. The molecule has 2 fully saturated rings. The number of carbonyl (C=O) groups excluding carboxylic acids is 2. The SMILES string of the molecule is C.C.CCS.ClCc1nc2ccccc2[nH]1.O=C1CCC2(CCN(Cc3nc4ccccc4[nH]3)CC2)Nc2ccccc21.O=C1CCC2(CCNCC2)Nc2ccccc21. The molecule has 4 aromatic carbocycles. The zero-order valence-electron chi connectivity index (χ0n) is 33.3. The molecule has 2 aromatic heterocycles. The predicted octanol–water partition coefficient (Wildman–Crippen LogP) is 10.7. The number of para-hydroxylation sites is 6. The highest BCUT2D eigenvalue weighted by Crippen LogP contribution is 2.37. The maximum absolute atomic E-state index is 12.5. The van der Waals surface area contributed by atoms with Gasteiger partial charge < -0.3 is 25.9 Å². The van der Waals surface area contributed by atoms with E-state index in [2.05, 4.69) is 54.5 Å². The number of anilines is 2. The minimum absolute atomic E-state index is 0. The van der Waals surface area contributed by atoms with Crippen molar-refractivity contribution in [3.8, 4) is 0 Å². The molecule has 0 bridgehead atoms. The molecule has 4 aliphatic heterocycles. The molecular formula is C48H63ClN8O2S. The van der Waals surface area contributed by atoms with Gasteiger partial charge in [-0.05, 0) is 106 Å². The number of ketones is 2. The van der Waals surface area contributed by atoms with Gasteiger partial charge in [0.15, 0.2) is 11.6 Å². The van der Waals surface area contributed by atoms with Crippen molar-refractivity contribution >= 4 is 69.2 Å². The number of halogens is 1. The van der Waals surface area contributed by atoms with Crippen molar-refractivity contribution in [2.75, 3.05) is 42.6 Å². The van der Waals surface area contributed by atoms with Crippen LogP contribution in [0.5, 0.6) is 0 Å². The first kappa shape index (κ1) is 46.4. The Bertz CT molecular complexity index is 2230. The van der Waals surface area contributed by atoms with Crippen LogP contribution in [0.4, 0.5) is 11.4 Å². The molecule has 320 valence electrons. The predicted molar refractivity (Wildman–Crippen MR) is 254 cm³/mol. The summed E-state index contributed by atoms with van der Waals surface area (Å²) in [6, 6.07) is 31.9. The van der Waals surface area contributed by atoms with Gasteiger partial charge in [-0.2, -0.15) is 12.6 Å². The minimum Gasteiger partial charge on any atom is -0.379 e. The Hall–Kier alpha value is -4.68. The third-order valence-corrected chi connectivity index (χ3v) is 11.9. The topological polar surface area (TPSA) is 131 Å². The zero-order valence-corrected chi connectivity index (χ0v) is 35.0. The highest BCUT2D eigenvalue weighted by atomic mass is 35.5. The average Bonchev–Trinajstić information content (AvgIpc) is 3.81. The summed E-state index contributed by atoms with van der Waals surface area (Å²) in [6.07, 6.45) is 7.49. The Kier molecular flexibility index (Phi) is 16.8. The van der Waals surface area contributed by atoms with E-state index in [0.717, 1.165) is 133 Å². The van der Waals surface area contributed by atoms with Crippen molar-refractivity contribution in [3.63, 3.8) is 0 Å². The number of nitrogens with zero attached hydrogens (tertiary/aromatic N) is 3. The molecule has 4 aliphatic rings. The first-order valence-electron chi connectivity index (χ1n) is 20.6. The van der Waals surface area contributed by atoms with Crippen LogP contribution in [-0.4, -0.2) is 79.4 Å². The van der Waals surface area contributed by atoms with Crippen LogP contribution >= 0.6 is 24.2 Å². The molecule has 2 spiro atoms. The van der Waals surface area contributed by atoms with Crippen LogP contribution in [-0.2, 0) is 12.4 Å². The Morgan fingerprint density at radius 1 is 0.633 bits per heavy atom. The van der Waals surface area contributed by atoms with Crippen molar-refractivity contribution < 1.29 is 9.59 Å². The van der Waals surface area contributed by atoms with Crippen LogP contribution in [0.25, 0.3) is 22.1 Å². The van der Waals surface area contributed by atoms with Gasteiger partial charge in [0.25, 0.3) is 0 Å². The number of aromatic amines is 2. The molecular weight excluding hydrogens is 788 g/mol. The lowest BCUT2D eigenvalue weighted by Gasteiger charge is -2.42. The summed E-state index contributed by atoms with van der Waals surface area (Å²) >= 11 is 9.39. The molecule has 10 rings (SSSR count). The van der Waals surface area contributed by atoms with Gasteiger partial charge in [-0.1, -0.05) is 70.3 Å². The summed E-state index contributed by atoms with van der Waals surface area (Å²) in [5, 5.41) is 10.8. The fraction of sp³-hybridized carbons (Fsp3) is 0.417. The number of likely N-dealkylation sites (tertiary alicyclic amines) is 1. The monoisotopic (exact) mass is 850 g/mol. The lowest BCUT2D eigenvalue weighted by molar-refractivity contribution is 0.0960. The minimum atomic E-state index is 0. The van der Waals surface area contributed by atoms with Gasteiger partial charge in [0, 0.05) is 59.5 Å². The van der Waals surface area contributed by atoms with Gasteiger partial charge >= 0.3 is 0 Å². The number of Topliss-reactive ketones (excluding diaryl/α,β-unsaturated/α-hetero) is 2. The quantitative estimate of drug-likeness (QED) is 0.0767. The fourth-order valence-corrected chi connectivity index (χ4v) is 8.62. The number of carbonyl (C=O) groups is 2. The number of alkyl halides is 1. The normalized spacial score (nSPS) is 17.5. The summed E-state index contributed by atoms with van der Waals surface area (Å²) in [4.78, 5) is 42.5. The molecule has 2 saturated heterocycles. The molecule has 6 heterocycles. The van der Waals surface area contributed by atoms with Crippen LogP contribution in [0.15, 0.2) is 97.1 Å². The van der Waals surface area contributed by atoms with E-state index in [9.17, 15) is 9.59 Å². The molecule has 0 saturated carbocycles. The Balaban J connectivity index is 0.000000177. The van der Waals surface area contributed by atoms with Gasteiger partial charge in [-0.15, -0.1) is 11.6 Å². The van der Waals surface area contributed by atoms with Crippen LogP contribution < -0.4 is 16.0 Å². The molecule has 0 aliphatic carbocycles. The largest absolute Gasteiger partial charge is 0.379 e. The Morgan fingerprint density at radius 2 is 1.07 bits per heavy atom. The Morgan fingerprint density at radius 3 is 1.57 bits per heavy atom. The summed E-state index contributed by atoms with van der Waals surface area (Å²) in [7, 11) is 0. The summed E-state index contributed by atoms with van der Waals surface area (Å²) < 4.78 is 0. The van der Waals surface area contributed by atoms with Gasteiger partial charge in [0.1, 0.15) is 11.6 Å². The van der Waals surface area contributed by atoms with Crippen molar-refractivity contribution in [1.29, 1.82) is 0 Å². The maximum atomic E-state index is 12.5. The van der Waals surface area contributed by atoms with Gasteiger partial charge in [-0.3, -0.25) is 14.5 Å². The molecule has 0 amide bonds. The number of H-pyrrole nitrogens is 2. The summed E-state index contributed by atoms with van der Waals surface area (Å²) in [5.74, 6) is 3.78. The molecule has 10 nitrogen and oxygen atoms in total. The van der Waals surface area contributed by atoms with Crippen LogP contribution in [0.3, 0.4) is 0 Å². The van der Waals surface area contributed by atoms with E-state index in [1.54, 1.807) is 0 Å². The van der Waals surface area contributed by atoms with Crippen LogP contribution in [0.1, 0.15) is 106 Å². The highest BCUT2D eigenvalue weighted by Gasteiger charge is 2.38. The smallest absolute Gasteiger partial charge is 0.165 e. The van der Waals surface area contributed by atoms with E-state index >= 15 is 0 Å². The molecule has 0 radical (unpaired) electrons. The number of benzene rings is 4. The standard InChI is InChI=1S/C22H24N4O.C14H18N2O.C8H7ClN2.C2H6S.2CH4/c27-20-9-10-22(25-17-6-2-1-5-16(17)20)11-13-26(14-12-22)15-21-23-18-7-3-4-8-19(18)24-21;17-13-5-6-14(7-9-15-10-8-14)16-12-4-2-1-3-11(12)13;9-5-8-10-6-3-1-2-4-7(6)11-8;1-2-3;;/h1-8,25H,9-15H2,(H,23,24);1-4,15-16H,5-10H2;1-4H,5H2,(H,10,11);3H,2H2,1H3;2*1H4. The molecule has 0 atom stereocenters. The third-order valence-electron chi connectivity index (χ3n) is 11.7. The maximum Gasteiger partial charge on any atom is 0.165 e. The number of fused-ring (bicyclic) bond motifs is 4. The summed E-state index contributed by atoms with van der Waals surface area (Å²) in [6.45, 7) is 6.96. The van der Waals surface area contributed by atoms with E-state index in [0.29, 0.717) is 18.7 Å². The van der Waals surface area contributed by atoms with E-state index in [4.69, 9.17) is 16.6 Å². The van der Waals surface area contributed by atoms with E-state index in [1.807, 2.05) is 97.9 Å². The van der Waals surface area contributed by atoms with Gasteiger partial charge in [-0.25, -0.2) is 9.97 Å². The van der Waals surface area contributed by atoms with Crippen molar-refractivity contribution in [1.82, 2.24) is 30.2 Å². The fourth-order valence-electron chi connectivity index (χ4n) is 8.50. The second-order valence-electron chi connectivity index (χ2n) is 15.6. The second-order valence-corrected chi connectivity index (χ2v) is 16.5. The highest BCUT2D eigenvalue weighted by molar-refractivity contribution is 7.80. The van der Waals surface area contributed by atoms with Crippen molar-refractivity contribution in [3.05, 3.63) is 120 Å². The van der Waals surface area contributed by atoms with E-state index < -0.39 is 0 Å².